The van der Waals surface area contributed by atoms with Crippen molar-refractivity contribution in [3.05, 3.63) is 41.3 Å². The number of aryl methyl sites for hydroxylation is 1. The zero-order valence-electron chi connectivity index (χ0n) is 11.3. The van der Waals surface area contributed by atoms with E-state index in [1.54, 1.807) is 18.3 Å². The first-order valence-corrected chi connectivity index (χ1v) is 6.22. The largest absolute Gasteiger partial charge is 0.433 e. The van der Waals surface area contributed by atoms with E-state index in [1.165, 1.54) is 6.92 Å². The summed E-state index contributed by atoms with van der Waals surface area (Å²) in [6.07, 6.45) is -2.33. The molecule has 0 aromatic carbocycles. The smallest absolute Gasteiger partial charge is 0.384 e. The zero-order chi connectivity index (χ0) is 15.5. The first kappa shape index (κ1) is 15.0. The van der Waals surface area contributed by atoms with Crippen molar-refractivity contribution in [1.82, 2.24) is 15.0 Å². The van der Waals surface area contributed by atoms with Crippen LogP contribution in [0.15, 0.2) is 24.4 Å². The third kappa shape index (κ3) is 4.30. The molecule has 112 valence electrons. The average molecular weight is 297 g/mol. The maximum atomic E-state index is 12.6. The van der Waals surface area contributed by atoms with Crippen molar-refractivity contribution < 1.29 is 13.2 Å². The van der Waals surface area contributed by atoms with Crippen LogP contribution in [0.1, 0.15) is 17.0 Å². The Labute approximate surface area is 119 Å². The third-order valence-electron chi connectivity index (χ3n) is 2.69. The highest BCUT2D eigenvalue weighted by atomic mass is 19.4. The molecule has 3 N–H and O–H groups in total. The monoisotopic (exact) mass is 297 g/mol. The van der Waals surface area contributed by atoms with E-state index in [-0.39, 0.29) is 11.6 Å². The van der Waals surface area contributed by atoms with Crippen LogP contribution in [-0.4, -0.2) is 21.5 Å². The minimum absolute atomic E-state index is 0.0376. The molecule has 0 unspecified atom stereocenters. The van der Waals surface area contributed by atoms with Gasteiger partial charge in [-0.2, -0.15) is 13.2 Å². The van der Waals surface area contributed by atoms with Crippen molar-refractivity contribution in [3.8, 4) is 0 Å². The standard InChI is InChI=1S/C13H14F3N5/c1-8-6-10(13(14,15)16)21-12(20-8)19-5-3-9-2-4-18-11(17)7-9/h2,4,6-7H,3,5H2,1H3,(H2,17,18)(H,19,20,21). The highest BCUT2D eigenvalue weighted by molar-refractivity contribution is 5.33. The van der Waals surface area contributed by atoms with E-state index in [2.05, 4.69) is 20.3 Å². The predicted octanol–water partition coefficient (Wildman–Crippen LogP) is 2.44. The molecule has 0 aliphatic heterocycles. The summed E-state index contributed by atoms with van der Waals surface area (Å²) >= 11 is 0. The fraction of sp³-hybridized carbons (Fsp3) is 0.308. The van der Waals surface area contributed by atoms with Crippen molar-refractivity contribution in [2.75, 3.05) is 17.6 Å². The van der Waals surface area contributed by atoms with Crippen LogP contribution in [-0.2, 0) is 12.6 Å². The molecule has 0 saturated heterocycles. The van der Waals surface area contributed by atoms with Crippen molar-refractivity contribution in [3.63, 3.8) is 0 Å². The van der Waals surface area contributed by atoms with Crippen LogP contribution in [0.4, 0.5) is 24.9 Å². The lowest BCUT2D eigenvalue weighted by atomic mass is 10.2. The number of nitrogens with two attached hydrogens (primary N) is 1. The maximum absolute atomic E-state index is 12.6. The second kappa shape index (κ2) is 5.94. The predicted molar refractivity (Wildman–Crippen MR) is 72.6 cm³/mol. The van der Waals surface area contributed by atoms with Gasteiger partial charge in [0.25, 0.3) is 0 Å². The number of aromatic nitrogens is 3. The second-order valence-electron chi connectivity index (χ2n) is 4.48. The molecular weight excluding hydrogens is 283 g/mol. The molecule has 0 bridgehead atoms. The van der Waals surface area contributed by atoms with Crippen molar-refractivity contribution in [1.29, 1.82) is 0 Å². The summed E-state index contributed by atoms with van der Waals surface area (Å²) in [5, 5.41) is 2.78. The maximum Gasteiger partial charge on any atom is 0.433 e. The van der Waals surface area contributed by atoms with E-state index in [0.717, 1.165) is 11.6 Å². The molecule has 0 atom stereocenters. The number of halogens is 3. The lowest BCUT2D eigenvalue weighted by Gasteiger charge is -2.10. The van der Waals surface area contributed by atoms with Crippen LogP contribution >= 0.6 is 0 Å². The fourth-order valence-electron chi connectivity index (χ4n) is 1.76. The van der Waals surface area contributed by atoms with Gasteiger partial charge >= 0.3 is 6.18 Å². The number of rotatable bonds is 4. The van der Waals surface area contributed by atoms with Crippen molar-refractivity contribution in [2.45, 2.75) is 19.5 Å². The van der Waals surface area contributed by atoms with Crippen LogP contribution in [0.2, 0.25) is 0 Å². The van der Waals surface area contributed by atoms with Gasteiger partial charge in [-0.25, -0.2) is 15.0 Å². The van der Waals surface area contributed by atoms with Crippen molar-refractivity contribution in [2.24, 2.45) is 0 Å². The number of hydrogen-bond acceptors (Lipinski definition) is 5. The molecule has 0 amide bonds. The Balaban J connectivity index is 2.02. The summed E-state index contributed by atoms with van der Waals surface area (Å²) in [5.41, 5.74) is 5.78. The summed E-state index contributed by atoms with van der Waals surface area (Å²) in [6.45, 7) is 1.88. The van der Waals surface area contributed by atoms with Gasteiger partial charge in [0, 0.05) is 18.4 Å². The van der Waals surface area contributed by atoms with Crippen LogP contribution in [0.3, 0.4) is 0 Å². The van der Waals surface area contributed by atoms with E-state index < -0.39 is 11.9 Å². The molecule has 21 heavy (non-hydrogen) atoms. The molecule has 0 spiro atoms. The van der Waals surface area contributed by atoms with Gasteiger partial charge < -0.3 is 11.1 Å². The number of pyridine rings is 1. The number of nitrogen functional groups attached to an aromatic ring is 1. The van der Waals surface area contributed by atoms with E-state index >= 15 is 0 Å². The van der Waals surface area contributed by atoms with E-state index in [1.807, 2.05) is 0 Å². The Morgan fingerprint density at radius 1 is 1.24 bits per heavy atom. The second-order valence-corrected chi connectivity index (χ2v) is 4.48. The molecule has 0 saturated carbocycles. The lowest BCUT2D eigenvalue weighted by Crippen LogP contribution is -2.14. The number of nitrogens with one attached hydrogen (secondary N) is 1. The molecule has 0 aliphatic rings. The van der Waals surface area contributed by atoms with E-state index in [0.29, 0.717) is 18.8 Å². The third-order valence-corrected chi connectivity index (χ3v) is 2.69. The Morgan fingerprint density at radius 3 is 2.67 bits per heavy atom. The van der Waals surface area contributed by atoms with Crippen LogP contribution in [0.25, 0.3) is 0 Å². The molecule has 2 rings (SSSR count). The minimum atomic E-state index is -4.48. The molecule has 0 fully saturated rings. The van der Waals surface area contributed by atoms with Gasteiger partial charge in [-0.3, -0.25) is 0 Å². The Kier molecular flexibility index (Phi) is 4.25. The fourth-order valence-corrected chi connectivity index (χ4v) is 1.76. The van der Waals surface area contributed by atoms with Gasteiger partial charge in [0.15, 0.2) is 0 Å². The van der Waals surface area contributed by atoms with Crippen LogP contribution in [0.5, 0.6) is 0 Å². The van der Waals surface area contributed by atoms with Gasteiger partial charge in [-0.15, -0.1) is 0 Å². The highest BCUT2D eigenvalue weighted by Gasteiger charge is 2.33. The molecule has 2 aromatic rings. The zero-order valence-corrected chi connectivity index (χ0v) is 11.3. The summed E-state index contributed by atoms with van der Waals surface area (Å²) in [7, 11) is 0. The Bertz CT molecular complexity index is 627. The molecule has 2 heterocycles. The van der Waals surface area contributed by atoms with Gasteiger partial charge in [-0.1, -0.05) is 0 Å². The number of nitrogens with zero attached hydrogens (tertiary/aromatic N) is 3. The first-order chi connectivity index (χ1) is 9.84. The SMILES string of the molecule is Cc1cc(C(F)(F)F)nc(NCCc2ccnc(N)c2)n1. The molecule has 8 heteroatoms. The normalized spacial score (nSPS) is 11.4. The van der Waals surface area contributed by atoms with Gasteiger partial charge in [0.1, 0.15) is 11.5 Å². The van der Waals surface area contributed by atoms with Crippen molar-refractivity contribution >= 4 is 11.8 Å². The summed E-state index contributed by atoms with van der Waals surface area (Å²) in [4.78, 5) is 11.3. The summed E-state index contributed by atoms with van der Waals surface area (Å²) in [6, 6.07) is 4.41. The van der Waals surface area contributed by atoms with E-state index in [4.69, 9.17) is 5.73 Å². The van der Waals surface area contributed by atoms with Gasteiger partial charge in [0.2, 0.25) is 5.95 Å². The molecule has 5 nitrogen and oxygen atoms in total. The van der Waals surface area contributed by atoms with E-state index in [9.17, 15) is 13.2 Å². The number of anilines is 2. The number of hydrogen-bond donors (Lipinski definition) is 2. The lowest BCUT2D eigenvalue weighted by molar-refractivity contribution is -0.141. The topological polar surface area (TPSA) is 76.7 Å². The molecule has 0 radical (unpaired) electrons. The minimum Gasteiger partial charge on any atom is -0.384 e. The molecule has 2 aromatic heterocycles. The molecular formula is C13H14F3N5. The van der Waals surface area contributed by atoms with Gasteiger partial charge in [-0.05, 0) is 37.1 Å². The van der Waals surface area contributed by atoms with Gasteiger partial charge in [0.05, 0.1) is 0 Å². The summed E-state index contributed by atoms with van der Waals surface area (Å²) < 4.78 is 37.9. The number of alkyl halides is 3. The van der Waals surface area contributed by atoms with Crippen LogP contribution < -0.4 is 11.1 Å². The van der Waals surface area contributed by atoms with Crippen LogP contribution in [0, 0.1) is 6.92 Å². The quantitative estimate of drug-likeness (QED) is 0.906. The average Bonchev–Trinajstić information content (AvgIpc) is 2.37. The Morgan fingerprint density at radius 2 is 2.00 bits per heavy atom. The highest BCUT2D eigenvalue weighted by Crippen LogP contribution is 2.28. The Hall–Kier alpha value is -2.38. The molecule has 0 aliphatic carbocycles. The summed E-state index contributed by atoms with van der Waals surface area (Å²) in [5.74, 6) is 0.364. The first-order valence-electron chi connectivity index (χ1n) is 6.22.